The maximum atomic E-state index is 8.99. The summed E-state index contributed by atoms with van der Waals surface area (Å²) in [5, 5.41) is 8.99. The molecule has 0 saturated carbocycles. The molecule has 2 rings (SSSR count). The monoisotopic (exact) mass is 258 g/mol. The van der Waals surface area contributed by atoms with E-state index in [-0.39, 0.29) is 0 Å². The molecular formula is C16H22N2O. The van der Waals surface area contributed by atoms with E-state index in [0.717, 1.165) is 6.54 Å². The van der Waals surface area contributed by atoms with E-state index in [4.69, 9.17) is 10.00 Å². The Bertz CT molecular complexity index is 443. The van der Waals surface area contributed by atoms with Gasteiger partial charge in [0, 0.05) is 6.54 Å². The molecule has 1 heterocycles. The van der Waals surface area contributed by atoms with E-state index < -0.39 is 0 Å². The summed E-state index contributed by atoms with van der Waals surface area (Å²) in [5.74, 6) is 0.687. The lowest BCUT2D eigenvalue weighted by Gasteiger charge is -2.24. The molecule has 1 saturated heterocycles. The Hall–Kier alpha value is -1.53. The maximum absolute atomic E-state index is 8.99. The molecule has 3 nitrogen and oxygen atoms in total. The van der Waals surface area contributed by atoms with Crippen molar-refractivity contribution in [3.05, 3.63) is 29.3 Å². The summed E-state index contributed by atoms with van der Waals surface area (Å²) in [6, 6.07) is 8.06. The predicted octanol–water partition coefficient (Wildman–Crippen LogP) is 3.33. The second-order valence-corrected chi connectivity index (χ2v) is 5.19. The summed E-state index contributed by atoms with van der Waals surface area (Å²) in [7, 11) is 1.62. The molecule has 19 heavy (non-hydrogen) atoms. The van der Waals surface area contributed by atoms with Crippen molar-refractivity contribution in [2.24, 2.45) is 0 Å². The molecule has 1 aliphatic rings. The lowest BCUT2D eigenvalue weighted by molar-refractivity contribution is 0.239. The van der Waals surface area contributed by atoms with E-state index in [1.54, 1.807) is 7.11 Å². The van der Waals surface area contributed by atoms with E-state index in [1.807, 2.05) is 18.2 Å². The van der Waals surface area contributed by atoms with Crippen LogP contribution in [-0.4, -0.2) is 25.1 Å². The zero-order valence-corrected chi connectivity index (χ0v) is 11.7. The molecule has 1 aliphatic heterocycles. The number of benzene rings is 1. The van der Waals surface area contributed by atoms with Crippen molar-refractivity contribution in [1.82, 2.24) is 4.90 Å². The van der Waals surface area contributed by atoms with Crippen LogP contribution in [0.4, 0.5) is 0 Å². The van der Waals surface area contributed by atoms with Crippen LogP contribution in [0.15, 0.2) is 18.2 Å². The Labute approximate surface area is 115 Å². The molecule has 0 unspecified atom stereocenters. The first kappa shape index (κ1) is 13.9. The van der Waals surface area contributed by atoms with Crippen molar-refractivity contribution in [3.8, 4) is 11.8 Å². The van der Waals surface area contributed by atoms with Gasteiger partial charge < -0.3 is 4.74 Å². The van der Waals surface area contributed by atoms with Crippen molar-refractivity contribution in [1.29, 1.82) is 5.26 Å². The molecule has 0 radical (unpaired) electrons. The van der Waals surface area contributed by atoms with Gasteiger partial charge >= 0.3 is 0 Å². The third kappa shape index (κ3) is 3.97. The van der Waals surface area contributed by atoms with E-state index in [1.165, 1.54) is 50.8 Å². The summed E-state index contributed by atoms with van der Waals surface area (Å²) < 4.78 is 5.27. The summed E-state index contributed by atoms with van der Waals surface area (Å²) in [5.41, 5.74) is 1.84. The number of rotatable bonds is 3. The molecule has 0 amide bonds. The molecule has 0 bridgehead atoms. The number of likely N-dealkylation sites (tertiary alicyclic amines) is 1. The quantitative estimate of drug-likeness (QED) is 0.834. The number of ether oxygens (including phenoxy) is 1. The first-order chi connectivity index (χ1) is 9.33. The van der Waals surface area contributed by atoms with Gasteiger partial charge in [0.15, 0.2) is 0 Å². The number of hydrogen-bond acceptors (Lipinski definition) is 3. The van der Waals surface area contributed by atoms with Crippen LogP contribution < -0.4 is 4.74 Å². The molecular weight excluding hydrogens is 236 g/mol. The Morgan fingerprint density at radius 3 is 2.47 bits per heavy atom. The first-order valence-corrected chi connectivity index (χ1v) is 7.13. The lowest BCUT2D eigenvalue weighted by atomic mass is 10.1. The van der Waals surface area contributed by atoms with Gasteiger partial charge in [0.25, 0.3) is 0 Å². The fraction of sp³-hybridized carbons (Fsp3) is 0.562. The topological polar surface area (TPSA) is 36.3 Å². The Balaban J connectivity index is 2.03. The summed E-state index contributed by atoms with van der Waals surface area (Å²) >= 11 is 0. The molecule has 0 N–H and O–H groups in total. The molecule has 3 heteroatoms. The van der Waals surface area contributed by atoms with Gasteiger partial charge in [-0.05, 0) is 43.6 Å². The lowest BCUT2D eigenvalue weighted by Crippen LogP contribution is -2.26. The standard InChI is InChI=1S/C16H22N2O/c1-19-16-11-14(7-8-15(16)12-17)13-18-9-5-3-2-4-6-10-18/h7-8,11H,2-6,9-10,13H2,1H3. The van der Waals surface area contributed by atoms with Crippen molar-refractivity contribution in [2.45, 2.75) is 38.6 Å². The molecule has 0 spiro atoms. The van der Waals surface area contributed by atoms with Crippen LogP contribution in [0.25, 0.3) is 0 Å². The van der Waals surface area contributed by atoms with E-state index >= 15 is 0 Å². The number of nitriles is 1. The Morgan fingerprint density at radius 2 is 1.84 bits per heavy atom. The fourth-order valence-corrected chi connectivity index (χ4v) is 2.66. The molecule has 1 aromatic rings. The van der Waals surface area contributed by atoms with Crippen molar-refractivity contribution in [2.75, 3.05) is 20.2 Å². The zero-order chi connectivity index (χ0) is 13.5. The van der Waals surface area contributed by atoms with Gasteiger partial charge in [0.2, 0.25) is 0 Å². The first-order valence-electron chi connectivity index (χ1n) is 7.13. The van der Waals surface area contributed by atoms with E-state index in [9.17, 15) is 0 Å². The molecule has 1 aromatic carbocycles. The van der Waals surface area contributed by atoms with Crippen LogP contribution in [-0.2, 0) is 6.54 Å². The number of nitrogens with zero attached hydrogens (tertiary/aromatic N) is 2. The van der Waals surface area contributed by atoms with Crippen LogP contribution in [0.2, 0.25) is 0 Å². The third-order valence-corrected chi connectivity index (χ3v) is 3.74. The summed E-state index contributed by atoms with van der Waals surface area (Å²) in [6.07, 6.45) is 6.69. The average Bonchev–Trinajstić information content (AvgIpc) is 2.41. The normalized spacial score (nSPS) is 17.3. The van der Waals surface area contributed by atoms with Gasteiger partial charge in [0.1, 0.15) is 11.8 Å². The van der Waals surface area contributed by atoms with Crippen molar-refractivity contribution in [3.63, 3.8) is 0 Å². The highest BCUT2D eigenvalue weighted by Crippen LogP contribution is 2.21. The van der Waals surface area contributed by atoms with Crippen molar-refractivity contribution < 1.29 is 4.74 Å². The van der Waals surface area contributed by atoms with Crippen LogP contribution in [0.5, 0.6) is 5.75 Å². The maximum Gasteiger partial charge on any atom is 0.136 e. The Kier molecular flexibility index (Phi) is 5.23. The molecule has 0 aliphatic carbocycles. The van der Waals surface area contributed by atoms with Crippen LogP contribution >= 0.6 is 0 Å². The highest BCUT2D eigenvalue weighted by molar-refractivity contribution is 5.45. The van der Waals surface area contributed by atoms with Crippen LogP contribution in [0.1, 0.15) is 43.2 Å². The minimum atomic E-state index is 0.610. The second-order valence-electron chi connectivity index (χ2n) is 5.19. The number of hydrogen-bond donors (Lipinski definition) is 0. The average molecular weight is 258 g/mol. The smallest absolute Gasteiger partial charge is 0.136 e. The molecule has 0 aromatic heterocycles. The fourth-order valence-electron chi connectivity index (χ4n) is 2.66. The van der Waals surface area contributed by atoms with Crippen LogP contribution in [0.3, 0.4) is 0 Å². The van der Waals surface area contributed by atoms with E-state index in [0.29, 0.717) is 11.3 Å². The second kappa shape index (κ2) is 7.16. The van der Waals surface area contributed by atoms with E-state index in [2.05, 4.69) is 11.0 Å². The third-order valence-electron chi connectivity index (χ3n) is 3.74. The molecule has 1 fully saturated rings. The van der Waals surface area contributed by atoms with Crippen LogP contribution in [0, 0.1) is 11.3 Å². The molecule has 0 atom stereocenters. The van der Waals surface area contributed by atoms with Gasteiger partial charge in [0.05, 0.1) is 12.7 Å². The summed E-state index contributed by atoms with van der Waals surface area (Å²) in [6.45, 7) is 3.33. The van der Waals surface area contributed by atoms with Crippen molar-refractivity contribution >= 4 is 0 Å². The van der Waals surface area contributed by atoms with Gasteiger partial charge in [-0.25, -0.2) is 0 Å². The highest BCUT2D eigenvalue weighted by atomic mass is 16.5. The molecule has 102 valence electrons. The Morgan fingerprint density at radius 1 is 1.16 bits per heavy atom. The zero-order valence-electron chi connectivity index (χ0n) is 11.7. The van der Waals surface area contributed by atoms with Gasteiger partial charge in [-0.15, -0.1) is 0 Å². The predicted molar refractivity (Wildman–Crippen MR) is 76.1 cm³/mol. The minimum Gasteiger partial charge on any atom is -0.495 e. The minimum absolute atomic E-state index is 0.610. The van der Waals surface area contributed by atoms with Gasteiger partial charge in [-0.3, -0.25) is 4.90 Å². The SMILES string of the molecule is COc1cc(CN2CCCCCCC2)ccc1C#N. The summed E-state index contributed by atoms with van der Waals surface area (Å²) in [4.78, 5) is 2.51. The largest absolute Gasteiger partial charge is 0.495 e. The highest BCUT2D eigenvalue weighted by Gasteiger charge is 2.10. The van der Waals surface area contributed by atoms with Gasteiger partial charge in [-0.1, -0.05) is 25.3 Å². The van der Waals surface area contributed by atoms with Gasteiger partial charge in [-0.2, -0.15) is 5.26 Å². The number of methoxy groups -OCH3 is 1.